The van der Waals surface area contributed by atoms with Crippen LogP contribution in [-0.4, -0.2) is 53.8 Å². The number of carbonyl (C=O) groups excluding carboxylic acids is 3. The zero-order valence-electron chi connectivity index (χ0n) is 19.1. The Balaban J connectivity index is 1.34. The maximum atomic E-state index is 13.0. The van der Waals surface area contributed by atoms with Gasteiger partial charge in [-0.15, -0.1) is 0 Å². The molecule has 33 heavy (non-hydrogen) atoms. The van der Waals surface area contributed by atoms with Crippen molar-refractivity contribution in [2.75, 3.05) is 31.5 Å². The van der Waals surface area contributed by atoms with Gasteiger partial charge in [0.15, 0.2) is 0 Å². The van der Waals surface area contributed by atoms with Crippen LogP contribution < -0.4 is 10.6 Å². The van der Waals surface area contributed by atoms with Gasteiger partial charge in [0.1, 0.15) is 0 Å². The summed E-state index contributed by atoms with van der Waals surface area (Å²) in [5.41, 5.74) is 2.19. The van der Waals surface area contributed by atoms with E-state index in [1.165, 1.54) is 0 Å². The molecule has 4 rings (SSSR count). The van der Waals surface area contributed by atoms with E-state index in [4.69, 9.17) is 0 Å². The van der Waals surface area contributed by atoms with E-state index in [0.29, 0.717) is 17.8 Å². The van der Waals surface area contributed by atoms with Crippen molar-refractivity contribution in [2.45, 2.75) is 38.6 Å². The molecular formula is C26H32N4O3. The van der Waals surface area contributed by atoms with E-state index < -0.39 is 0 Å². The van der Waals surface area contributed by atoms with Crippen LogP contribution in [0.3, 0.4) is 0 Å². The van der Waals surface area contributed by atoms with Gasteiger partial charge in [-0.1, -0.05) is 30.3 Å². The molecule has 7 nitrogen and oxygen atoms in total. The van der Waals surface area contributed by atoms with Crippen LogP contribution in [0.25, 0.3) is 0 Å². The predicted octanol–water partition coefficient (Wildman–Crippen LogP) is 4.04. The molecule has 174 valence electrons. The lowest BCUT2D eigenvalue weighted by molar-refractivity contribution is -0.127. The average Bonchev–Trinajstić information content (AvgIpc) is 3.39. The minimum absolute atomic E-state index is 0.0276. The van der Waals surface area contributed by atoms with Gasteiger partial charge in [0, 0.05) is 37.4 Å². The second-order valence-corrected chi connectivity index (χ2v) is 8.94. The SMILES string of the molecule is C[C@H](NC(=O)[C@H]1CCCN(C(=O)N2CCCC2)C1)c1cccc(NC(=O)c2ccccc2)c1. The molecule has 0 bridgehead atoms. The van der Waals surface area contributed by atoms with E-state index in [-0.39, 0.29) is 29.8 Å². The first-order valence-corrected chi connectivity index (χ1v) is 11.8. The largest absolute Gasteiger partial charge is 0.349 e. The Morgan fingerprint density at radius 1 is 0.909 bits per heavy atom. The van der Waals surface area contributed by atoms with Gasteiger partial charge in [0.25, 0.3) is 5.91 Å². The molecule has 0 saturated carbocycles. The molecule has 2 heterocycles. The number of benzene rings is 2. The van der Waals surface area contributed by atoms with Gasteiger partial charge in [-0.25, -0.2) is 4.79 Å². The highest BCUT2D eigenvalue weighted by Gasteiger charge is 2.32. The molecule has 2 aliphatic heterocycles. The zero-order valence-corrected chi connectivity index (χ0v) is 19.1. The van der Waals surface area contributed by atoms with Crippen molar-refractivity contribution in [3.05, 3.63) is 65.7 Å². The number of nitrogens with zero attached hydrogens (tertiary/aromatic N) is 2. The quantitative estimate of drug-likeness (QED) is 0.724. The van der Waals surface area contributed by atoms with Crippen LogP contribution in [0.5, 0.6) is 0 Å². The number of hydrogen-bond acceptors (Lipinski definition) is 3. The number of urea groups is 1. The molecule has 7 heteroatoms. The predicted molar refractivity (Wildman–Crippen MR) is 128 cm³/mol. The summed E-state index contributed by atoms with van der Waals surface area (Å²) in [6.07, 6.45) is 3.75. The van der Waals surface area contributed by atoms with Crippen LogP contribution >= 0.6 is 0 Å². The Bertz CT molecular complexity index is 988. The summed E-state index contributed by atoms with van der Waals surface area (Å²) < 4.78 is 0. The zero-order chi connectivity index (χ0) is 23.2. The lowest BCUT2D eigenvalue weighted by atomic mass is 9.96. The molecule has 2 N–H and O–H groups in total. The van der Waals surface area contributed by atoms with Crippen molar-refractivity contribution in [3.63, 3.8) is 0 Å². The number of carbonyl (C=O) groups is 3. The van der Waals surface area contributed by atoms with Gasteiger partial charge in [0.05, 0.1) is 12.0 Å². The molecule has 2 aromatic rings. The standard InChI is InChI=1S/C26H32N4O3/c1-19(21-11-7-13-23(17-21)28-24(31)20-9-3-2-4-10-20)27-25(32)22-12-8-16-30(18-22)26(33)29-14-5-6-15-29/h2-4,7,9-11,13,17,19,22H,5-6,8,12,14-16,18H2,1H3,(H,27,32)(H,28,31)/t19-,22-/m0/s1. The van der Waals surface area contributed by atoms with Crippen LogP contribution in [0.1, 0.15) is 54.6 Å². The highest BCUT2D eigenvalue weighted by Crippen LogP contribution is 2.23. The van der Waals surface area contributed by atoms with E-state index in [1.54, 1.807) is 12.1 Å². The second-order valence-electron chi connectivity index (χ2n) is 8.94. The Morgan fingerprint density at radius 3 is 2.39 bits per heavy atom. The summed E-state index contributed by atoms with van der Waals surface area (Å²) in [6.45, 7) is 4.77. The Labute approximate surface area is 195 Å². The summed E-state index contributed by atoms with van der Waals surface area (Å²) in [4.78, 5) is 41.9. The minimum Gasteiger partial charge on any atom is -0.349 e. The smallest absolute Gasteiger partial charge is 0.320 e. The second kappa shape index (κ2) is 10.5. The van der Waals surface area contributed by atoms with Crippen molar-refractivity contribution in [1.29, 1.82) is 0 Å². The molecule has 0 aliphatic carbocycles. The van der Waals surface area contributed by atoms with Crippen molar-refractivity contribution in [2.24, 2.45) is 5.92 Å². The van der Waals surface area contributed by atoms with Crippen LogP contribution in [-0.2, 0) is 4.79 Å². The molecule has 0 unspecified atom stereocenters. The first kappa shape index (κ1) is 22.8. The monoisotopic (exact) mass is 448 g/mol. The molecule has 0 radical (unpaired) electrons. The average molecular weight is 449 g/mol. The molecular weight excluding hydrogens is 416 g/mol. The number of rotatable bonds is 5. The van der Waals surface area contributed by atoms with Gasteiger partial charge >= 0.3 is 6.03 Å². The molecule has 2 atom stereocenters. The van der Waals surface area contributed by atoms with Gasteiger partial charge < -0.3 is 20.4 Å². The van der Waals surface area contributed by atoms with Crippen LogP contribution in [0.15, 0.2) is 54.6 Å². The number of piperidine rings is 1. The molecule has 0 aromatic heterocycles. The van der Waals surface area contributed by atoms with Crippen molar-refractivity contribution >= 4 is 23.5 Å². The number of anilines is 1. The Hall–Kier alpha value is -3.35. The molecule has 4 amide bonds. The van der Waals surface area contributed by atoms with Gasteiger partial charge in [0.2, 0.25) is 5.91 Å². The topological polar surface area (TPSA) is 81.8 Å². The fourth-order valence-corrected chi connectivity index (χ4v) is 4.57. The summed E-state index contributed by atoms with van der Waals surface area (Å²) in [6, 6.07) is 16.4. The van der Waals surface area contributed by atoms with Gasteiger partial charge in [-0.3, -0.25) is 9.59 Å². The van der Waals surface area contributed by atoms with E-state index in [2.05, 4.69) is 10.6 Å². The van der Waals surface area contributed by atoms with E-state index in [0.717, 1.165) is 50.9 Å². The molecule has 2 saturated heterocycles. The third kappa shape index (κ3) is 5.72. The van der Waals surface area contributed by atoms with Crippen LogP contribution in [0.2, 0.25) is 0 Å². The van der Waals surface area contributed by atoms with Gasteiger partial charge in [-0.2, -0.15) is 0 Å². The maximum Gasteiger partial charge on any atom is 0.320 e. The molecule has 0 spiro atoms. The van der Waals surface area contributed by atoms with E-state index in [1.807, 2.05) is 59.2 Å². The lowest BCUT2D eigenvalue weighted by Gasteiger charge is -2.35. The normalized spacial score (nSPS) is 19.1. The molecule has 2 aliphatic rings. The van der Waals surface area contributed by atoms with Gasteiger partial charge in [-0.05, 0) is 62.4 Å². The Morgan fingerprint density at radius 2 is 1.64 bits per heavy atom. The van der Waals surface area contributed by atoms with Crippen molar-refractivity contribution < 1.29 is 14.4 Å². The summed E-state index contributed by atoms with van der Waals surface area (Å²) >= 11 is 0. The fraction of sp³-hybridized carbons (Fsp3) is 0.423. The lowest BCUT2D eigenvalue weighted by Crippen LogP contribution is -2.49. The first-order chi connectivity index (χ1) is 16.0. The first-order valence-electron chi connectivity index (χ1n) is 11.8. The third-order valence-electron chi connectivity index (χ3n) is 6.48. The van der Waals surface area contributed by atoms with Crippen LogP contribution in [0, 0.1) is 5.92 Å². The summed E-state index contributed by atoms with van der Waals surface area (Å²) in [7, 11) is 0. The van der Waals surface area contributed by atoms with E-state index in [9.17, 15) is 14.4 Å². The minimum atomic E-state index is -0.212. The number of nitrogens with one attached hydrogen (secondary N) is 2. The third-order valence-corrected chi connectivity index (χ3v) is 6.48. The fourth-order valence-electron chi connectivity index (χ4n) is 4.57. The number of hydrogen-bond donors (Lipinski definition) is 2. The number of likely N-dealkylation sites (tertiary alicyclic amines) is 2. The maximum absolute atomic E-state index is 13.0. The van der Waals surface area contributed by atoms with Crippen molar-refractivity contribution in [3.8, 4) is 0 Å². The van der Waals surface area contributed by atoms with Crippen molar-refractivity contribution in [1.82, 2.24) is 15.1 Å². The highest BCUT2D eigenvalue weighted by atomic mass is 16.2. The number of amides is 4. The summed E-state index contributed by atoms with van der Waals surface area (Å²) in [5, 5.41) is 6.02. The Kier molecular flexibility index (Phi) is 7.27. The highest BCUT2D eigenvalue weighted by molar-refractivity contribution is 6.04. The van der Waals surface area contributed by atoms with E-state index >= 15 is 0 Å². The van der Waals surface area contributed by atoms with Crippen LogP contribution in [0.4, 0.5) is 10.5 Å². The molecule has 2 aromatic carbocycles. The summed E-state index contributed by atoms with van der Waals surface area (Å²) in [5.74, 6) is -0.400. The molecule has 2 fully saturated rings.